The van der Waals surface area contributed by atoms with Crippen LogP contribution in [0.2, 0.25) is 0 Å². The van der Waals surface area contributed by atoms with E-state index in [1.54, 1.807) is 4.90 Å². The zero-order valence-electron chi connectivity index (χ0n) is 12.1. The maximum atomic E-state index is 12.0. The molecule has 1 atom stereocenters. The van der Waals surface area contributed by atoms with Crippen LogP contribution in [-0.2, 0) is 4.79 Å². The molecule has 1 unspecified atom stereocenters. The summed E-state index contributed by atoms with van der Waals surface area (Å²) in [5.41, 5.74) is 0. The maximum Gasteiger partial charge on any atom is 0.227 e. The van der Waals surface area contributed by atoms with Gasteiger partial charge in [0, 0.05) is 13.6 Å². The topological polar surface area (TPSA) is 43.8 Å². The van der Waals surface area contributed by atoms with Gasteiger partial charge in [-0.15, -0.1) is 0 Å². The third kappa shape index (κ3) is 4.58. The Labute approximate surface area is 111 Å². The molecule has 1 N–H and O–H groups in total. The minimum atomic E-state index is -0.215. The van der Waals surface area contributed by atoms with Crippen LogP contribution in [0.4, 0.5) is 0 Å². The standard InChI is InChI=1S/C14H28N2O2/c1-4-13(11-17)14(18)16(3)10-7-12-5-8-15(2)9-6-12/h12-13,17H,4-11H2,1-3H3. The Kier molecular flexibility index (Phi) is 6.65. The van der Waals surface area contributed by atoms with Crippen LogP contribution in [0.1, 0.15) is 32.6 Å². The number of aliphatic hydroxyl groups excluding tert-OH is 1. The fourth-order valence-electron chi connectivity index (χ4n) is 2.53. The molecule has 1 saturated heterocycles. The molecule has 0 bridgehead atoms. The Morgan fingerprint density at radius 1 is 1.44 bits per heavy atom. The van der Waals surface area contributed by atoms with Gasteiger partial charge in [0.15, 0.2) is 0 Å². The Bertz CT molecular complexity index is 246. The van der Waals surface area contributed by atoms with Crippen LogP contribution in [0.5, 0.6) is 0 Å². The number of piperidine rings is 1. The molecule has 1 amide bonds. The summed E-state index contributed by atoms with van der Waals surface area (Å²) in [6.45, 7) is 5.09. The van der Waals surface area contributed by atoms with E-state index in [2.05, 4.69) is 11.9 Å². The lowest BCUT2D eigenvalue weighted by Crippen LogP contribution is -2.37. The molecule has 1 rings (SSSR count). The Balaban J connectivity index is 2.27. The molecule has 1 aliphatic heterocycles. The second-order valence-electron chi connectivity index (χ2n) is 5.58. The van der Waals surface area contributed by atoms with Crippen molar-refractivity contribution in [1.82, 2.24) is 9.80 Å². The van der Waals surface area contributed by atoms with Crippen molar-refractivity contribution in [2.75, 3.05) is 40.3 Å². The lowest BCUT2D eigenvalue weighted by molar-refractivity contribution is -0.135. The lowest BCUT2D eigenvalue weighted by atomic mass is 9.93. The van der Waals surface area contributed by atoms with Gasteiger partial charge in [0.1, 0.15) is 0 Å². The van der Waals surface area contributed by atoms with Crippen LogP contribution in [0, 0.1) is 11.8 Å². The van der Waals surface area contributed by atoms with E-state index < -0.39 is 0 Å². The smallest absolute Gasteiger partial charge is 0.227 e. The van der Waals surface area contributed by atoms with Gasteiger partial charge in [-0.25, -0.2) is 0 Å². The summed E-state index contributed by atoms with van der Waals surface area (Å²) in [7, 11) is 4.02. The van der Waals surface area contributed by atoms with Crippen molar-refractivity contribution in [1.29, 1.82) is 0 Å². The first-order valence-electron chi connectivity index (χ1n) is 7.12. The van der Waals surface area contributed by atoms with Gasteiger partial charge >= 0.3 is 0 Å². The first-order valence-corrected chi connectivity index (χ1v) is 7.12. The zero-order valence-corrected chi connectivity index (χ0v) is 12.1. The molecule has 1 heterocycles. The summed E-state index contributed by atoms with van der Waals surface area (Å²) in [4.78, 5) is 16.1. The first kappa shape index (κ1) is 15.4. The van der Waals surface area contributed by atoms with Crippen molar-refractivity contribution < 1.29 is 9.90 Å². The molecule has 4 nitrogen and oxygen atoms in total. The van der Waals surface area contributed by atoms with Crippen molar-refractivity contribution in [3.05, 3.63) is 0 Å². The normalized spacial score (nSPS) is 19.8. The van der Waals surface area contributed by atoms with Gasteiger partial charge in [-0.3, -0.25) is 4.79 Å². The molecule has 0 aromatic rings. The number of likely N-dealkylation sites (tertiary alicyclic amines) is 1. The summed E-state index contributed by atoms with van der Waals surface area (Å²) < 4.78 is 0. The van der Waals surface area contributed by atoms with Crippen molar-refractivity contribution >= 4 is 5.91 Å². The molecule has 0 aromatic carbocycles. The second kappa shape index (κ2) is 7.74. The molecular weight excluding hydrogens is 228 g/mol. The predicted octanol–water partition coefficient (Wildman–Crippen LogP) is 1.20. The molecular formula is C14H28N2O2. The molecule has 0 saturated carbocycles. The largest absolute Gasteiger partial charge is 0.396 e. The van der Waals surface area contributed by atoms with Gasteiger partial charge in [0.2, 0.25) is 5.91 Å². The van der Waals surface area contributed by atoms with Gasteiger partial charge in [-0.1, -0.05) is 6.92 Å². The van der Waals surface area contributed by atoms with Crippen molar-refractivity contribution in [3.63, 3.8) is 0 Å². The predicted molar refractivity (Wildman–Crippen MR) is 73.3 cm³/mol. The molecule has 4 heteroatoms. The zero-order chi connectivity index (χ0) is 13.5. The van der Waals surface area contributed by atoms with Crippen LogP contribution < -0.4 is 0 Å². The molecule has 0 spiro atoms. The van der Waals surface area contributed by atoms with Crippen LogP contribution in [0.3, 0.4) is 0 Å². The third-order valence-electron chi connectivity index (χ3n) is 4.15. The maximum absolute atomic E-state index is 12.0. The monoisotopic (exact) mass is 256 g/mol. The summed E-state index contributed by atoms with van der Waals surface area (Å²) in [6, 6.07) is 0. The summed E-state index contributed by atoms with van der Waals surface area (Å²) in [5, 5.41) is 9.14. The number of carbonyl (C=O) groups excluding carboxylic acids is 1. The van der Waals surface area contributed by atoms with Crippen LogP contribution in [0.25, 0.3) is 0 Å². The molecule has 18 heavy (non-hydrogen) atoms. The van der Waals surface area contributed by atoms with Gasteiger partial charge in [0.25, 0.3) is 0 Å². The van der Waals surface area contributed by atoms with Gasteiger partial charge in [-0.05, 0) is 51.7 Å². The quantitative estimate of drug-likeness (QED) is 0.776. The fraction of sp³-hybridized carbons (Fsp3) is 0.929. The molecule has 0 aromatic heterocycles. The van der Waals surface area contributed by atoms with E-state index in [9.17, 15) is 4.79 Å². The number of amides is 1. The molecule has 106 valence electrons. The van der Waals surface area contributed by atoms with E-state index in [0.29, 0.717) is 6.42 Å². The van der Waals surface area contributed by atoms with Gasteiger partial charge < -0.3 is 14.9 Å². The van der Waals surface area contributed by atoms with Gasteiger partial charge in [-0.2, -0.15) is 0 Å². The SMILES string of the molecule is CCC(CO)C(=O)N(C)CCC1CCN(C)CC1. The Morgan fingerprint density at radius 2 is 2.06 bits per heavy atom. The van der Waals surface area contributed by atoms with Gasteiger partial charge in [0.05, 0.1) is 12.5 Å². The summed E-state index contributed by atoms with van der Waals surface area (Å²) in [5.74, 6) is 0.631. The number of carbonyl (C=O) groups is 1. The second-order valence-corrected chi connectivity index (χ2v) is 5.58. The highest BCUT2D eigenvalue weighted by Gasteiger charge is 2.21. The highest BCUT2D eigenvalue weighted by molar-refractivity contribution is 5.78. The lowest BCUT2D eigenvalue weighted by Gasteiger charge is -2.30. The van der Waals surface area contributed by atoms with Crippen LogP contribution in [0.15, 0.2) is 0 Å². The number of hydrogen-bond donors (Lipinski definition) is 1. The highest BCUT2D eigenvalue weighted by atomic mass is 16.3. The minimum Gasteiger partial charge on any atom is -0.396 e. The van der Waals surface area contributed by atoms with E-state index in [-0.39, 0.29) is 18.4 Å². The summed E-state index contributed by atoms with van der Waals surface area (Å²) >= 11 is 0. The Morgan fingerprint density at radius 3 is 2.56 bits per heavy atom. The van der Waals surface area contributed by atoms with Crippen molar-refractivity contribution in [2.45, 2.75) is 32.6 Å². The highest BCUT2D eigenvalue weighted by Crippen LogP contribution is 2.20. The van der Waals surface area contributed by atoms with E-state index in [4.69, 9.17) is 5.11 Å². The van der Waals surface area contributed by atoms with E-state index in [1.807, 2.05) is 14.0 Å². The Hall–Kier alpha value is -0.610. The number of hydrogen-bond acceptors (Lipinski definition) is 3. The number of rotatable bonds is 6. The molecule has 0 radical (unpaired) electrons. The molecule has 0 aliphatic carbocycles. The number of nitrogens with zero attached hydrogens (tertiary/aromatic N) is 2. The fourth-order valence-corrected chi connectivity index (χ4v) is 2.53. The molecule has 1 aliphatic rings. The average molecular weight is 256 g/mol. The van der Waals surface area contributed by atoms with Crippen LogP contribution >= 0.6 is 0 Å². The van der Waals surface area contributed by atoms with Crippen molar-refractivity contribution in [3.8, 4) is 0 Å². The van der Waals surface area contributed by atoms with Crippen LogP contribution in [-0.4, -0.2) is 61.2 Å². The first-order chi connectivity index (χ1) is 8.58. The number of aliphatic hydroxyl groups is 1. The third-order valence-corrected chi connectivity index (χ3v) is 4.15. The minimum absolute atomic E-state index is 0.0338. The van der Waals surface area contributed by atoms with Crippen molar-refractivity contribution in [2.24, 2.45) is 11.8 Å². The van der Waals surface area contributed by atoms with E-state index in [1.165, 1.54) is 25.9 Å². The average Bonchev–Trinajstić information content (AvgIpc) is 2.39. The van der Waals surface area contributed by atoms with E-state index in [0.717, 1.165) is 18.9 Å². The van der Waals surface area contributed by atoms with E-state index >= 15 is 0 Å². The molecule has 1 fully saturated rings. The summed E-state index contributed by atoms with van der Waals surface area (Å²) in [6.07, 6.45) is 4.30.